The van der Waals surface area contributed by atoms with Crippen LogP contribution in [0.25, 0.3) is 12.2 Å². The van der Waals surface area contributed by atoms with Gasteiger partial charge in [0.2, 0.25) is 0 Å². The second-order valence-electron chi connectivity index (χ2n) is 3.57. The van der Waals surface area contributed by atoms with Crippen LogP contribution in [-0.2, 0) is 4.74 Å². The van der Waals surface area contributed by atoms with E-state index in [0.717, 1.165) is 11.3 Å². The average Bonchev–Trinajstić information content (AvgIpc) is 2.89. The van der Waals surface area contributed by atoms with Crippen molar-refractivity contribution in [2.75, 3.05) is 7.11 Å². The molecule has 86 valence electrons. The van der Waals surface area contributed by atoms with Crippen LogP contribution in [0.15, 0.2) is 42.6 Å². The summed E-state index contributed by atoms with van der Waals surface area (Å²) in [5.74, 6) is -0.315. The minimum atomic E-state index is -0.315. The number of H-pyrrole nitrogens is 1. The van der Waals surface area contributed by atoms with Crippen LogP contribution in [0.1, 0.15) is 21.6 Å². The molecule has 0 aliphatic heterocycles. The molecule has 0 saturated carbocycles. The first-order valence-electron chi connectivity index (χ1n) is 5.29. The number of aromatic nitrogens is 1. The Balaban J connectivity index is 2.11. The maximum absolute atomic E-state index is 11.2. The summed E-state index contributed by atoms with van der Waals surface area (Å²) >= 11 is 0. The lowest BCUT2D eigenvalue weighted by Gasteiger charge is -1.99. The number of hydrogen-bond donors (Lipinski definition) is 1. The van der Waals surface area contributed by atoms with Gasteiger partial charge in [0.25, 0.3) is 0 Å². The molecule has 2 rings (SSSR count). The summed E-state index contributed by atoms with van der Waals surface area (Å²) in [7, 11) is 1.38. The van der Waals surface area contributed by atoms with E-state index in [1.807, 2.05) is 42.6 Å². The number of nitrogens with one attached hydrogen (secondary N) is 1. The van der Waals surface area contributed by atoms with Crippen LogP contribution in [-0.4, -0.2) is 18.1 Å². The molecule has 1 N–H and O–H groups in total. The van der Waals surface area contributed by atoms with E-state index in [-0.39, 0.29) is 5.97 Å². The fourth-order valence-corrected chi connectivity index (χ4v) is 1.48. The first-order chi connectivity index (χ1) is 8.29. The van der Waals surface area contributed by atoms with Gasteiger partial charge in [0.1, 0.15) is 0 Å². The highest BCUT2D eigenvalue weighted by molar-refractivity contribution is 5.89. The van der Waals surface area contributed by atoms with Crippen LogP contribution >= 0.6 is 0 Å². The third-order valence-corrected chi connectivity index (χ3v) is 2.41. The summed E-state index contributed by atoms with van der Waals surface area (Å²) in [5.41, 5.74) is 2.64. The second kappa shape index (κ2) is 5.16. The van der Waals surface area contributed by atoms with Crippen molar-refractivity contribution in [3.05, 3.63) is 59.4 Å². The molecule has 0 saturated heterocycles. The number of methoxy groups -OCH3 is 1. The zero-order valence-electron chi connectivity index (χ0n) is 9.51. The van der Waals surface area contributed by atoms with E-state index in [1.165, 1.54) is 7.11 Å². The van der Waals surface area contributed by atoms with Crippen molar-refractivity contribution in [3.8, 4) is 0 Å². The number of esters is 1. The van der Waals surface area contributed by atoms with Crippen LogP contribution in [0.2, 0.25) is 0 Å². The van der Waals surface area contributed by atoms with E-state index < -0.39 is 0 Å². The van der Waals surface area contributed by atoms with Gasteiger partial charge >= 0.3 is 5.97 Å². The fourth-order valence-electron chi connectivity index (χ4n) is 1.48. The zero-order valence-corrected chi connectivity index (χ0v) is 9.51. The molecule has 0 aliphatic carbocycles. The molecule has 0 atom stereocenters. The molecule has 3 heteroatoms. The number of carbonyl (C=O) groups excluding carboxylic acids is 1. The fraction of sp³-hybridized carbons (Fsp3) is 0.0714. The van der Waals surface area contributed by atoms with Gasteiger partial charge < -0.3 is 9.72 Å². The molecule has 17 heavy (non-hydrogen) atoms. The minimum absolute atomic E-state index is 0.315. The van der Waals surface area contributed by atoms with Gasteiger partial charge in [-0.15, -0.1) is 0 Å². The van der Waals surface area contributed by atoms with E-state index in [1.54, 1.807) is 12.1 Å². The van der Waals surface area contributed by atoms with Crippen LogP contribution in [0.3, 0.4) is 0 Å². The molecule has 0 radical (unpaired) electrons. The predicted molar refractivity (Wildman–Crippen MR) is 67.5 cm³/mol. The SMILES string of the molecule is COC(=O)c1ccc(/C=C/c2ccc[nH]2)cc1. The maximum atomic E-state index is 11.2. The molecular weight excluding hydrogens is 214 g/mol. The summed E-state index contributed by atoms with van der Waals surface area (Å²) in [4.78, 5) is 14.3. The van der Waals surface area contributed by atoms with Gasteiger partial charge in [-0.25, -0.2) is 4.79 Å². The van der Waals surface area contributed by atoms with Crippen molar-refractivity contribution in [2.45, 2.75) is 0 Å². The molecule has 1 aromatic heterocycles. The predicted octanol–water partition coefficient (Wildman–Crippen LogP) is 2.97. The normalized spacial score (nSPS) is 10.6. The Kier molecular flexibility index (Phi) is 3.40. The Morgan fingerprint density at radius 2 is 1.94 bits per heavy atom. The van der Waals surface area contributed by atoms with Gasteiger partial charge in [-0.3, -0.25) is 0 Å². The monoisotopic (exact) mass is 227 g/mol. The highest BCUT2D eigenvalue weighted by atomic mass is 16.5. The van der Waals surface area contributed by atoms with Gasteiger partial charge in [0.15, 0.2) is 0 Å². The largest absolute Gasteiger partial charge is 0.465 e. The Morgan fingerprint density at radius 1 is 1.18 bits per heavy atom. The number of benzene rings is 1. The molecule has 0 amide bonds. The van der Waals surface area contributed by atoms with E-state index in [4.69, 9.17) is 0 Å². The smallest absolute Gasteiger partial charge is 0.337 e. The lowest BCUT2D eigenvalue weighted by molar-refractivity contribution is 0.0601. The molecule has 0 spiro atoms. The Bertz CT molecular complexity index is 510. The highest BCUT2D eigenvalue weighted by Crippen LogP contribution is 2.09. The minimum Gasteiger partial charge on any atom is -0.465 e. The molecule has 3 nitrogen and oxygen atoms in total. The molecule has 0 aliphatic rings. The third-order valence-electron chi connectivity index (χ3n) is 2.41. The number of carbonyl (C=O) groups is 1. The van der Waals surface area contributed by atoms with Crippen molar-refractivity contribution in [1.82, 2.24) is 4.98 Å². The summed E-state index contributed by atoms with van der Waals surface area (Å²) in [5, 5.41) is 0. The lowest BCUT2D eigenvalue weighted by Crippen LogP contribution is -2.00. The van der Waals surface area contributed by atoms with Crippen molar-refractivity contribution < 1.29 is 9.53 Å². The number of ether oxygens (including phenoxy) is 1. The first kappa shape index (κ1) is 11.2. The molecular formula is C14H13NO2. The lowest BCUT2D eigenvalue weighted by atomic mass is 10.1. The van der Waals surface area contributed by atoms with Crippen LogP contribution < -0.4 is 0 Å². The second-order valence-corrected chi connectivity index (χ2v) is 3.57. The highest BCUT2D eigenvalue weighted by Gasteiger charge is 2.02. The number of rotatable bonds is 3. The molecule has 0 bridgehead atoms. The van der Waals surface area contributed by atoms with E-state index in [2.05, 4.69) is 9.72 Å². The van der Waals surface area contributed by atoms with E-state index >= 15 is 0 Å². The topological polar surface area (TPSA) is 42.1 Å². The third kappa shape index (κ3) is 2.84. The van der Waals surface area contributed by atoms with Gasteiger partial charge in [-0.2, -0.15) is 0 Å². The van der Waals surface area contributed by atoms with Gasteiger partial charge in [-0.1, -0.05) is 18.2 Å². The van der Waals surface area contributed by atoms with E-state index in [0.29, 0.717) is 5.56 Å². The van der Waals surface area contributed by atoms with E-state index in [9.17, 15) is 4.79 Å². The van der Waals surface area contributed by atoms with Crippen LogP contribution in [0.5, 0.6) is 0 Å². The molecule has 2 aromatic rings. The maximum Gasteiger partial charge on any atom is 0.337 e. The Morgan fingerprint density at radius 3 is 2.53 bits per heavy atom. The molecule has 1 heterocycles. The van der Waals surface area contributed by atoms with Crippen molar-refractivity contribution in [1.29, 1.82) is 0 Å². The summed E-state index contributed by atoms with van der Waals surface area (Å²) in [6, 6.07) is 11.2. The summed E-state index contributed by atoms with van der Waals surface area (Å²) in [6.07, 6.45) is 5.83. The molecule has 0 fully saturated rings. The van der Waals surface area contributed by atoms with Crippen LogP contribution in [0, 0.1) is 0 Å². The van der Waals surface area contributed by atoms with Crippen molar-refractivity contribution in [2.24, 2.45) is 0 Å². The van der Waals surface area contributed by atoms with Gasteiger partial charge in [-0.05, 0) is 35.9 Å². The van der Waals surface area contributed by atoms with Crippen molar-refractivity contribution >= 4 is 18.1 Å². The van der Waals surface area contributed by atoms with Crippen molar-refractivity contribution in [3.63, 3.8) is 0 Å². The Hall–Kier alpha value is -2.29. The quantitative estimate of drug-likeness (QED) is 0.819. The van der Waals surface area contributed by atoms with Gasteiger partial charge in [0, 0.05) is 11.9 Å². The first-order valence-corrected chi connectivity index (χ1v) is 5.29. The molecule has 0 unspecified atom stereocenters. The van der Waals surface area contributed by atoms with Gasteiger partial charge in [0.05, 0.1) is 12.7 Å². The zero-order chi connectivity index (χ0) is 12.1. The molecule has 1 aromatic carbocycles. The summed E-state index contributed by atoms with van der Waals surface area (Å²) < 4.78 is 4.63. The standard InChI is InChI=1S/C14H13NO2/c1-17-14(16)12-7-4-11(5-8-12)6-9-13-3-2-10-15-13/h2-10,15H,1H3/b9-6+. The Labute approximate surface area is 99.7 Å². The number of hydrogen-bond acceptors (Lipinski definition) is 2. The van der Waals surface area contributed by atoms with Crippen LogP contribution in [0.4, 0.5) is 0 Å². The average molecular weight is 227 g/mol. The number of aromatic amines is 1. The summed E-state index contributed by atoms with van der Waals surface area (Å²) in [6.45, 7) is 0.